The first kappa shape index (κ1) is 28.5. The van der Waals surface area contributed by atoms with Gasteiger partial charge in [-0.25, -0.2) is 16.8 Å². The summed E-state index contributed by atoms with van der Waals surface area (Å²) in [5, 5.41) is 2.81. The Morgan fingerprint density at radius 2 is 1.49 bits per heavy atom. The zero-order chi connectivity index (χ0) is 27.2. The SMILES string of the molecule is CCOc1ccc(N(CC(=O)N[C@@H](C)c2ccc(S(C)(=O)=O)cc2)S(=O)(=O)c2ccc(SC)cc2)cc1. The molecule has 198 valence electrons. The van der Waals surface area contributed by atoms with Crippen LogP contribution in [0, 0.1) is 0 Å². The third kappa shape index (κ3) is 7.27. The molecule has 0 aliphatic carbocycles. The minimum absolute atomic E-state index is 0.0661. The predicted molar refractivity (Wildman–Crippen MR) is 146 cm³/mol. The summed E-state index contributed by atoms with van der Waals surface area (Å²) in [6, 6.07) is 18.7. The van der Waals surface area contributed by atoms with Crippen molar-refractivity contribution in [2.24, 2.45) is 0 Å². The quantitative estimate of drug-likeness (QED) is 0.347. The molecule has 8 nitrogen and oxygen atoms in total. The number of benzene rings is 3. The smallest absolute Gasteiger partial charge is 0.264 e. The van der Waals surface area contributed by atoms with Gasteiger partial charge in [-0.15, -0.1) is 11.8 Å². The molecule has 1 atom stereocenters. The highest BCUT2D eigenvalue weighted by atomic mass is 32.2. The zero-order valence-corrected chi connectivity index (χ0v) is 23.5. The Bertz CT molecular complexity index is 1420. The third-order valence-electron chi connectivity index (χ3n) is 5.56. The molecule has 0 fully saturated rings. The number of nitrogens with one attached hydrogen (secondary N) is 1. The zero-order valence-electron chi connectivity index (χ0n) is 21.0. The number of ether oxygens (including phenoxy) is 1. The lowest BCUT2D eigenvalue weighted by Crippen LogP contribution is -2.41. The maximum absolute atomic E-state index is 13.6. The third-order valence-corrected chi connectivity index (χ3v) is 9.22. The number of sulfonamides is 1. The Morgan fingerprint density at radius 1 is 0.919 bits per heavy atom. The molecule has 3 rings (SSSR count). The Kier molecular flexibility index (Phi) is 9.27. The Hall–Kier alpha value is -3.02. The van der Waals surface area contributed by atoms with Crippen molar-refractivity contribution in [2.75, 3.05) is 30.0 Å². The maximum atomic E-state index is 13.6. The highest BCUT2D eigenvalue weighted by Crippen LogP contribution is 2.27. The van der Waals surface area contributed by atoms with Crippen molar-refractivity contribution in [2.45, 2.75) is 34.6 Å². The molecule has 0 aliphatic rings. The molecule has 1 N–H and O–H groups in total. The van der Waals surface area contributed by atoms with Crippen LogP contribution in [0.1, 0.15) is 25.5 Å². The van der Waals surface area contributed by atoms with E-state index in [1.165, 1.54) is 36.0 Å². The first-order chi connectivity index (χ1) is 17.5. The van der Waals surface area contributed by atoms with Gasteiger partial charge in [-0.05, 0) is 86.3 Å². The highest BCUT2D eigenvalue weighted by Gasteiger charge is 2.28. The van der Waals surface area contributed by atoms with Crippen LogP contribution in [0.15, 0.2) is 87.5 Å². The normalized spacial score (nSPS) is 12.5. The van der Waals surface area contributed by atoms with E-state index in [-0.39, 0.29) is 9.79 Å². The van der Waals surface area contributed by atoms with Crippen molar-refractivity contribution in [1.82, 2.24) is 5.32 Å². The van der Waals surface area contributed by atoms with E-state index in [1.807, 2.05) is 13.2 Å². The van der Waals surface area contributed by atoms with Gasteiger partial charge in [-0.1, -0.05) is 12.1 Å². The average Bonchev–Trinajstić information content (AvgIpc) is 2.87. The van der Waals surface area contributed by atoms with Crippen LogP contribution in [0.5, 0.6) is 5.75 Å². The summed E-state index contributed by atoms with van der Waals surface area (Å²) in [6.45, 7) is 3.61. The molecule has 0 saturated carbocycles. The molecule has 0 unspecified atom stereocenters. The first-order valence-corrected chi connectivity index (χ1v) is 16.0. The minimum Gasteiger partial charge on any atom is -0.494 e. The monoisotopic (exact) mass is 562 g/mol. The molecule has 0 bridgehead atoms. The van der Waals surface area contributed by atoms with E-state index in [0.29, 0.717) is 23.6 Å². The molecular formula is C26H30N2O6S3. The molecule has 37 heavy (non-hydrogen) atoms. The Labute approximate surface area is 223 Å². The highest BCUT2D eigenvalue weighted by molar-refractivity contribution is 7.98. The second-order valence-corrected chi connectivity index (χ2v) is 13.0. The summed E-state index contributed by atoms with van der Waals surface area (Å²) in [5.41, 5.74) is 1.00. The topological polar surface area (TPSA) is 110 Å². The Morgan fingerprint density at radius 3 is 2.00 bits per heavy atom. The number of anilines is 1. The van der Waals surface area contributed by atoms with Crippen molar-refractivity contribution in [1.29, 1.82) is 0 Å². The molecule has 0 saturated heterocycles. The van der Waals surface area contributed by atoms with E-state index >= 15 is 0 Å². The fraction of sp³-hybridized carbons (Fsp3) is 0.269. The molecule has 0 radical (unpaired) electrons. The van der Waals surface area contributed by atoms with Crippen LogP contribution in [0.25, 0.3) is 0 Å². The van der Waals surface area contributed by atoms with Crippen LogP contribution in [-0.2, 0) is 24.7 Å². The van der Waals surface area contributed by atoms with Crippen LogP contribution in [-0.4, -0.2) is 48.4 Å². The lowest BCUT2D eigenvalue weighted by Gasteiger charge is -2.25. The molecule has 0 spiro atoms. The second-order valence-electron chi connectivity index (χ2n) is 8.24. The Balaban J connectivity index is 1.87. The summed E-state index contributed by atoms with van der Waals surface area (Å²) in [4.78, 5) is 14.2. The van der Waals surface area contributed by atoms with Crippen LogP contribution in [0.2, 0.25) is 0 Å². The van der Waals surface area contributed by atoms with E-state index in [2.05, 4.69) is 5.32 Å². The number of hydrogen-bond donors (Lipinski definition) is 1. The number of amides is 1. The number of sulfone groups is 1. The second kappa shape index (κ2) is 12.0. The predicted octanol–water partition coefficient (Wildman–Crippen LogP) is 4.28. The number of hydrogen-bond acceptors (Lipinski definition) is 7. The lowest BCUT2D eigenvalue weighted by molar-refractivity contribution is -0.120. The molecule has 0 aromatic heterocycles. The number of thioether (sulfide) groups is 1. The van der Waals surface area contributed by atoms with Crippen molar-refractivity contribution in [3.05, 3.63) is 78.4 Å². The molecule has 11 heteroatoms. The number of rotatable bonds is 11. The van der Waals surface area contributed by atoms with Gasteiger partial charge in [0, 0.05) is 11.2 Å². The van der Waals surface area contributed by atoms with Crippen LogP contribution < -0.4 is 14.4 Å². The van der Waals surface area contributed by atoms with Gasteiger partial charge in [0.2, 0.25) is 5.91 Å². The molecule has 1 amide bonds. The van der Waals surface area contributed by atoms with Gasteiger partial charge in [-0.3, -0.25) is 9.10 Å². The van der Waals surface area contributed by atoms with Gasteiger partial charge >= 0.3 is 0 Å². The van der Waals surface area contributed by atoms with Gasteiger partial charge in [0.25, 0.3) is 10.0 Å². The summed E-state index contributed by atoms with van der Waals surface area (Å²) in [6.07, 6.45) is 3.02. The van der Waals surface area contributed by atoms with Crippen LogP contribution in [0.4, 0.5) is 5.69 Å². The molecule has 3 aromatic rings. The van der Waals surface area contributed by atoms with Crippen LogP contribution >= 0.6 is 11.8 Å². The summed E-state index contributed by atoms with van der Waals surface area (Å²) >= 11 is 1.50. The van der Waals surface area contributed by atoms with Crippen molar-refractivity contribution >= 4 is 43.2 Å². The molecule has 0 heterocycles. The standard InChI is InChI=1S/C26H30N2O6S3/c1-5-34-22-10-8-21(9-11-22)28(37(32,33)25-16-12-23(35-3)13-17-25)18-26(29)27-19(2)20-6-14-24(15-7-20)36(4,30)31/h6-17,19H,5,18H2,1-4H3,(H,27,29)/t19-/m0/s1. The van der Waals surface area contributed by atoms with Gasteiger partial charge < -0.3 is 10.1 Å². The number of carbonyl (C=O) groups excluding carboxylic acids is 1. The van der Waals surface area contributed by atoms with Crippen molar-refractivity contribution in [3.63, 3.8) is 0 Å². The minimum atomic E-state index is -4.07. The number of carbonyl (C=O) groups is 1. The van der Waals surface area contributed by atoms with Crippen LogP contribution in [0.3, 0.4) is 0 Å². The largest absolute Gasteiger partial charge is 0.494 e. The summed E-state index contributed by atoms with van der Waals surface area (Å²) in [7, 11) is -7.41. The summed E-state index contributed by atoms with van der Waals surface area (Å²) in [5.74, 6) is 0.0708. The van der Waals surface area contributed by atoms with Gasteiger partial charge in [0.1, 0.15) is 12.3 Å². The van der Waals surface area contributed by atoms with Gasteiger partial charge in [-0.2, -0.15) is 0 Å². The van der Waals surface area contributed by atoms with E-state index in [0.717, 1.165) is 15.5 Å². The number of nitrogens with zero attached hydrogens (tertiary/aromatic N) is 1. The first-order valence-electron chi connectivity index (χ1n) is 11.4. The average molecular weight is 563 g/mol. The molecule has 3 aromatic carbocycles. The van der Waals surface area contributed by atoms with E-state index < -0.39 is 38.4 Å². The van der Waals surface area contributed by atoms with E-state index in [4.69, 9.17) is 4.74 Å². The van der Waals surface area contributed by atoms with Gasteiger partial charge in [0.05, 0.1) is 28.1 Å². The fourth-order valence-electron chi connectivity index (χ4n) is 3.57. The van der Waals surface area contributed by atoms with E-state index in [1.54, 1.807) is 55.5 Å². The molecule has 0 aliphatic heterocycles. The summed E-state index contributed by atoms with van der Waals surface area (Å²) < 4.78 is 57.2. The van der Waals surface area contributed by atoms with E-state index in [9.17, 15) is 21.6 Å². The maximum Gasteiger partial charge on any atom is 0.264 e. The molecular weight excluding hydrogens is 532 g/mol. The van der Waals surface area contributed by atoms with Crippen molar-refractivity contribution in [3.8, 4) is 5.75 Å². The lowest BCUT2D eigenvalue weighted by atomic mass is 10.1. The van der Waals surface area contributed by atoms with Gasteiger partial charge in [0.15, 0.2) is 9.84 Å². The van der Waals surface area contributed by atoms with Crippen molar-refractivity contribution < 1.29 is 26.4 Å². The fourth-order valence-corrected chi connectivity index (χ4v) is 6.03.